The summed E-state index contributed by atoms with van der Waals surface area (Å²) >= 11 is 0. The molecule has 1 saturated heterocycles. The van der Waals surface area contributed by atoms with Crippen molar-refractivity contribution in [1.29, 1.82) is 0 Å². The average Bonchev–Trinajstić information content (AvgIpc) is 3.48. The van der Waals surface area contributed by atoms with Gasteiger partial charge in [-0.3, -0.25) is 24.5 Å². The van der Waals surface area contributed by atoms with Crippen LogP contribution in [0.25, 0.3) is 0 Å². The molecule has 1 fully saturated rings. The van der Waals surface area contributed by atoms with E-state index in [0.29, 0.717) is 17.1 Å². The summed E-state index contributed by atoms with van der Waals surface area (Å²) in [5, 5.41) is 23.2. The first kappa shape index (κ1) is 36.2. The van der Waals surface area contributed by atoms with Gasteiger partial charge in [0.2, 0.25) is 0 Å². The third kappa shape index (κ3) is 7.51. The van der Waals surface area contributed by atoms with Crippen molar-refractivity contribution in [3.63, 3.8) is 0 Å². The van der Waals surface area contributed by atoms with E-state index in [4.69, 9.17) is 28.4 Å². The van der Waals surface area contributed by atoms with Crippen LogP contribution in [0.15, 0.2) is 125 Å². The highest BCUT2D eigenvalue weighted by atomic mass is 16.7. The lowest BCUT2D eigenvalue weighted by atomic mass is 9.80. The Labute approximate surface area is 297 Å². The van der Waals surface area contributed by atoms with E-state index in [9.17, 15) is 24.8 Å². The van der Waals surface area contributed by atoms with Crippen LogP contribution in [0.2, 0.25) is 0 Å². The van der Waals surface area contributed by atoms with Gasteiger partial charge in [0.05, 0.1) is 37.9 Å². The Hall–Kier alpha value is -5.64. The Morgan fingerprint density at radius 1 is 0.846 bits per heavy atom. The number of nitro benzene ring substituents is 1. The Morgan fingerprint density at radius 3 is 2.04 bits per heavy atom. The second-order valence-electron chi connectivity index (χ2n) is 11.9. The van der Waals surface area contributed by atoms with Crippen LogP contribution in [0.1, 0.15) is 28.5 Å². The van der Waals surface area contributed by atoms with Gasteiger partial charge in [-0.15, -0.1) is 0 Å². The summed E-state index contributed by atoms with van der Waals surface area (Å²) in [6, 6.07) is 31.7. The Bertz CT molecular complexity index is 2020. The van der Waals surface area contributed by atoms with Gasteiger partial charge in [0.15, 0.2) is 6.23 Å². The molecule has 14 nitrogen and oxygen atoms in total. The van der Waals surface area contributed by atoms with Gasteiger partial charge in [0, 0.05) is 18.3 Å². The molecule has 0 spiro atoms. The SMILES string of the molecule is COc1ccc(C(OC[C@@H]2O[C@H](n3ccc(=O)[nH]c3=O)[C@@H](OCOCc3ccccc3[N+](=O)[O-])[C@H]2O)(c2ccccc2)c2ccc(OC)cc2)cc1. The minimum absolute atomic E-state index is 0.114. The molecule has 6 rings (SSSR count). The van der Waals surface area contributed by atoms with Crippen LogP contribution < -0.4 is 20.7 Å². The minimum atomic E-state index is -1.36. The molecule has 4 aromatic carbocycles. The van der Waals surface area contributed by atoms with Crippen LogP contribution >= 0.6 is 0 Å². The molecule has 0 bridgehead atoms. The van der Waals surface area contributed by atoms with Crippen molar-refractivity contribution in [3.8, 4) is 11.5 Å². The fraction of sp³-hybridized carbons (Fsp3) is 0.263. The molecule has 0 aliphatic carbocycles. The number of aliphatic hydroxyl groups is 1. The summed E-state index contributed by atoms with van der Waals surface area (Å²) in [5.41, 5.74) is -0.136. The third-order valence-corrected chi connectivity index (χ3v) is 8.87. The molecule has 0 unspecified atom stereocenters. The van der Waals surface area contributed by atoms with Crippen LogP contribution in [0.4, 0.5) is 5.69 Å². The second kappa shape index (κ2) is 16.1. The van der Waals surface area contributed by atoms with E-state index in [1.807, 2.05) is 78.9 Å². The largest absolute Gasteiger partial charge is 0.497 e. The molecule has 1 aliphatic heterocycles. The maximum atomic E-state index is 12.9. The summed E-state index contributed by atoms with van der Waals surface area (Å²) in [6.45, 7) is -0.759. The zero-order chi connectivity index (χ0) is 36.7. The predicted octanol–water partition coefficient (Wildman–Crippen LogP) is 4.29. The van der Waals surface area contributed by atoms with Crippen molar-refractivity contribution in [2.45, 2.75) is 36.7 Å². The van der Waals surface area contributed by atoms with E-state index in [-0.39, 0.29) is 18.9 Å². The van der Waals surface area contributed by atoms with Crippen molar-refractivity contribution in [2.75, 3.05) is 27.6 Å². The number of aromatic amines is 1. The molecule has 1 aromatic heterocycles. The average molecular weight is 712 g/mol. The van der Waals surface area contributed by atoms with Crippen LogP contribution in [0.5, 0.6) is 11.5 Å². The van der Waals surface area contributed by atoms with Gasteiger partial charge in [-0.05, 0) is 47.0 Å². The molecule has 5 aromatic rings. The van der Waals surface area contributed by atoms with Gasteiger partial charge >= 0.3 is 5.69 Å². The number of hydrogen-bond donors (Lipinski definition) is 2. The fourth-order valence-electron chi connectivity index (χ4n) is 6.26. The Morgan fingerprint density at radius 2 is 1.44 bits per heavy atom. The topological polar surface area (TPSA) is 174 Å². The number of rotatable bonds is 15. The van der Waals surface area contributed by atoms with E-state index >= 15 is 0 Å². The number of ether oxygens (including phenoxy) is 6. The molecular weight excluding hydrogens is 674 g/mol. The maximum absolute atomic E-state index is 12.9. The molecule has 0 radical (unpaired) electrons. The first-order valence-corrected chi connectivity index (χ1v) is 16.3. The van der Waals surface area contributed by atoms with Crippen LogP contribution in [-0.2, 0) is 31.2 Å². The standard InChI is InChI=1S/C38H37N3O11/c1-47-29-16-12-27(13-17-29)38(26-9-4-3-5-10-26,28-14-18-30(48-2)19-15-28)51-23-32-34(43)35(36(52-32)40-21-20-33(42)39-37(40)44)50-24-49-22-25-8-6-7-11-31(25)41(45)46/h3-21,32,34-36,43H,22-24H2,1-2H3,(H,39,42,44)/t32-,34-,35-,36-/m0/s1. The number of benzene rings is 4. The van der Waals surface area contributed by atoms with Crippen molar-refractivity contribution >= 4 is 5.69 Å². The van der Waals surface area contributed by atoms with Gasteiger partial charge in [-0.1, -0.05) is 66.7 Å². The normalized spacial score (nSPS) is 18.6. The first-order valence-electron chi connectivity index (χ1n) is 16.3. The van der Waals surface area contributed by atoms with Crippen molar-refractivity contribution in [1.82, 2.24) is 9.55 Å². The lowest BCUT2D eigenvalue weighted by Crippen LogP contribution is -2.41. The third-order valence-electron chi connectivity index (χ3n) is 8.87. The number of H-pyrrole nitrogens is 1. The smallest absolute Gasteiger partial charge is 0.330 e. The van der Waals surface area contributed by atoms with Crippen LogP contribution in [-0.4, -0.2) is 65.5 Å². The monoisotopic (exact) mass is 711 g/mol. The summed E-state index contributed by atoms with van der Waals surface area (Å²) < 4.78 is 36.8. The quantitative estimate of drug-likeness (QED) is 0.0522. The van der Waals surface area contributed by atoms with E-state index in [2.05, 4.69) is 4.98 Å². The highest BCUT2D eigenvalue weighted by molar-refractivity contribution is 5.49. The zero-order valence-electron chi connectivity index (χ0n) is 28.3. The second-order valence-corrected chi connectivity index (χ2v) is 11.9. The van der Waals surface area contributed by atoms with Crippen molar-refractivity contribution in [2.24, 2.45) is 0 Å². The van der Waals surface area contributed by atoms with Crippen molar-refractivity contribution in [3.05, 3.63) is 169 Å². The highest BCUT2D eigenvalue weighted by Gasteiger charge is 2.48. The van der Waals surface area contributed by atoms with E-state index in [0.717, 1.165) is 27.3 Å². The number of nitrogens with zero attached hydrogens (tertiary/aromatic N) is 2. The number of methoxy groups -OCH3 is 2. The van der Waals surface area contributed by atoms with Gasteiger partial charge < -0.3 is 33.5 Å². The van der Waals surface area contributed by atoms with Gasteiger partial charge in [-0.2, -0.15) is 0 Å². The lowest BCUT2D eigenvalue weighted by molar-refractivity contribution is -0.386. The van der Waals surface area contributed by atoms with E-state index < -0.39 is 53.1 Å². The molecule has 0 amide bonds. The molecule has 0 saturated carbocycles. The number of aliphatic hydroxyl groups excluding tert-OH is 1. The summed E-state index contributed by atoms with van der Waals surface area (Å²) in [6.07, 6.45) is -3.57. The van der Waals surface area contributed by atoms with Crippen LogP contribution in [0.3, 0.4) is 0 Å². The van der Waals surface area contributed by atoms with Gasteiger partial charge in [0.1, 0.15) is 42.2 Å². The number of aromatic nitrogens is 2. The molecule has 14 heteroatoms. The zero-order valence-corrected chi connectivity index (χ0v) is 28.3. The number of nitrogens with one attached hydrogen (secondary N) is 1. The first-order chi connectivity index (χ1) is 25.2. The predicted molar refractivity (Wildman–Crippen MR) is 187 cm³/mol. The fourth-order valence-corrected chi connectivity index (χ4v) is 6.26. The minimum Gasteiger partial charge on any atom is -0.497 e. The van der Waals surface area contributed by atoms with E-state index in [1.54, 1.807) is 32.4 Å². The molecule has 270 valence electrons. The molecule has 2 heterocycles. The number of para-hydroxylation sites is 1. The van der Waals surface area contributed by atoms with Crippen LogP contribution in [0, 0.1) is 10.1 Å². The lowest BCUT2D eigenvalue weighted by Gasteiger charge is -2.37. The Balaban J connectivity index is 1.32. The molecule has 2 N–H and O–H groups in total. The summed E-state index contributed by atoms with van der Waals surface area (Å²) in [7, 11) is 3.16. The highest BCUT2D eigenvalue weighted by Crippen LogP contribution is 2.43. The Kier molecular flexibility index (Phi) is 11.2. The molecule has 52 heavy (non-hydrogen) atoms. The molecule has 1 aliphatic rings. The maximum Gasteiger partial charge on any atom is 0.330 e. The number of hydrogen-bond acceptors (Lipinski definition) is 11. The van der Waals surface area contributed by atoms with Gasteiger partial charge in [0.25, 0.3) is 11.2 Å². The van der Waals surface area contributed by atoms with Crippen molar-refractivity contribution < 1.29 is 38.5 Å². The summed E-state index contributed by atoms with van der Waals surface area (Å²) in [5.74, 6) is 1.29. The van der Waals surface area contributed by atoms with Gasteiger partial charge in [-0.25, -0.2) is 4.79 Å². The molecular formula is C38H37N3O11. The summed E-state index contributed by atoms with van der Waals surface area (Å²) in [4.78, 5) is 38.0. The molecule has 4 atom stereocenters. The van der Waals surface area contributed by atoms with E-state index in [1.165, 1.54) is 12.3 Å². The number of nitro groups is 1.